The standard InChI is InChI=1S/C10H8N2.C7H7.BrH.Ni/c1-3-7-11-9(5-1)10-6-2-4-8-12-10;1-7-5-3-2-4-6-7;;/h1-8H;2-6H,1H2;1H;/q;-1;;+1/p-1. The zero-order chi connectivity index (χ0) is 15.3. The van der Waals surface area contributed by atoms with E-state index in [2.05, 4.69) is 44.8 Å². The molecular weight excluding hydrogens is 371 g/mol. The van der Waals surface area contributed by atoms with Gasteiger partial charge in [0.1, 0.15) is 0 Å². The van der Waals surface area contributed by atoms with Crippen molar-refractivity contribution < 1.29 is 13.7 Å². The third kappa shape index (κ3) is 7.07. The van der Waals surface area contributed by atoms with Crippen LogP contribution in [0.5, 0.6) is 0 Å². The predicted molar refractivity (Wildman–Crippen MR) is 87.3 cm³/mol. The number of rotatable bonds is 1. The SMILES string of the molecule is [CH2-]c1ccccc1.[Ni][Br].c1ccc(-c2ccccn2)nc1. The molecule has 0 fully saturated rings. The third-order valence-electron chi connectivity index (χ3n) is 2.44. The van der Waals surface area contributed by atoms with Crippen LogP contribution < -0.4 is 0 Å². The summed E-state index contributed by atoms with van der Waals surface area (Å²) in [5, 5.41) is 0. The largest absolute Gasteiger partial charge is 0.255 e. The van der Waals surface area contributed by atoms with Crippen LogP contribution in [-0.4, -0.2) is 9.97 Å². The van der Waals surface area contributed by atoms with Crippen LogP contribution in [0.25, 0.3) is 11.4 Å². The average Bonchev–Trinajstić information content (AvgIpc) is 2.60. The van der Waals surface area contributed by atoms with Gasteiger partial charge in [-0.2, -0.15) is 24.6 Å². The van der Waals surface area contributed by atoms with Crippen LogP contribution in [-0.2, 0) is 13.7 Å². The number of halogens is 1. The molecule has 2 nitrogen and oxygen atoms in total. The normalized spacial score (nSPS) is 8.71. The van der Waals surface area contributed by atoms with Gasteiger partial charge >= 0.3 is 27.9 Å². The second-order valence-electron chi connectivity index (χ2n) is 3.92. The van der Waals surface area contributed by atoms with Crippen LogP contribution in [0.2, 0.25) is 0 Å². The van der Waals surface area contributed by atoms with Gasteiger partial charge in [0.25, 0.3) is 0 Å². The van der Waals surface area contributed by atoms with Crippen LogP contribution in [0.4, 0.5) is 0 Å². The molecule has 0 spiro atoms. The van der Waals surface area contributed by atoms with E-state index in [9.17, 15) is 0 Å². The molecule has 0 aliphatic carbocycles. The van der Waals surface area contributed by atoms with Gasteiger partial charge in [0.05, 0.1) is 11.4 Å². The maximum atomic E-state index is 4.19. The summed E-state index contributed by atoms with van der Waals surface area (Å²) in [5.74, 6) is 0. The van der Waals surface area contributed by atoms with Gasteiger partial charge in [0.15, 0.2) is 0 Å². The van der Waals surface area contributed by atoms with E-state index in [-0.39, 0.29) is 0 Å². The Morgan fingerprint density at radius 2 is 1.10 bits per heavy atom. The monoisotopic (exact) mass is 384 g/mol. The van der Waals surface area contributed by atoms with E-state index in [4.69, 9.17) is 0 Å². The molecule has 2 heterocycles. The number of nitrogens with zero attached hydrogens (tertiary/aromatic N) is 2. The molecule has 0 saturated carbocycles. The van der Waals surface area contributed by atoms with Gasteiger partial charge in [-0.15, -0.1) is 12.1 Å². The fourth-order valence-corrected chi connectivity index (χ4v) is 1.51. The summed E-state index contributed by atoms with van der Waals surface area (Å²) in [4.78, 5) is 8.37. The molecule has 21 heavy (non-hydrogen) atoms. The molecule has 0 aliphatic rings. The molecule has 3 rings (SSSR count). The second-order valence-corrected chi connectivity index (χ2v) is 3.92. The summed E-state index contributed by atoms with van der Waals surface area (Å²) in [6.45, 7) is 3.72. The summed E-state index contributed by atoms with van der Waals surface area (Å²) in [6, 6.07) is 21.5. The van der Waals surface area contributed by atoms with Gasteiger partial charge in [-0.3, -0.25) is 9.97 Å². The predicted octanol–water partition coefficient (Wildman–Crippen LogP) is 4.86. The van der Waals surface area contributed by atoms with Crippen molar-refractivity contribution >= 4 is 14.2 Å². The number of hydrogen-bond acceptors (Lipinski definition) is 2. The Hall–Kier alpha value is -1.64. The van der Waals surface area contributed by atoms with Crippen molar-refractivity contribution in [2.75, 3.05) is 0 Å². The molecule has 111 valence electrons. The number of aromatic nitrogens is 2. The number of benzene rings is 1. The van der Waals surface area contributed by atoms with Gasteiger partial charge in [0, 0.05) is 12.4 Å². The first-order valence-electron chi connectivity index (χ1n) is 6.17. The van der Waals surface area contributed by atoms with Crippen LogP contribution >= 0.6 is 14.2 Å². The van der Waals surface area contributed by atoms with Crippen molar-refractivity contribution in [2.24, 2.45) is 0 Å². The summed E-state index contributed by atoms with van der Waals surface area (Å²) in [7, 11) is 0. The first kappa shape index (κ1) is 17.4. The van der Waals surface area contributed by atoms with E-state index in [1.54, 1.807) is 12.4 Å². The molecule has 0 radical (unpaired) electrons. The first-order chi connectivity index (χ1) is 10.4. The minimum Gasteiger partial charge on any atom is -0.255 e. The molecule has 0 N–H and O–H groups in total. The van der Waals surface area contributed by atoms with Crippen molar-refractivity contribution in [3.63, 3.8) is 0 Å². The minimum absolute atomic E-state index is 0.915. The Kier molecular flexibility index (Phi) is 9.18. The Balaban J connectivity index is 0.000000210. The molecule has 1 aromatic carbocycles. The molecule has 0 bridgehead atoms. The number of pyridine rings is 2. The van der Waals surface area contributed by atoms with Crippen molar-refractivity contribution in [1.29, 1.82) is 0 Å². The van der Waals surface area contributed by atoms with Crippen molar-refractivity contribution in [3.8, 4) is 11.4 Å². The van der Waals surface area contributed by atoms with Crippen LogP contribution in [0.1, 0.15) is 5.56 Å². The molecule has 0 amide bonds. The maximum Gasteiger partial charge on any atom is 0.0886 e. The minimum atomic E-state index is 0.915. The van der Waals surface area contributed by atoms with Gasteiger partial charge in [-0.05, 0) is 24.3 Å². The molecule has 0 aliphatic heterocycles. The average molecular weight is 386 g/mol. The Labute approximate surface area is 140 Å². The molecule has 2 aromatic heterocycles. The maximum absolute atomic E-state index is 4.19. The van der Waals surface area contributed by atoms with Gasteiger partial charge in [-0.1, -0.05) is 18.2 Å². The van der Waals surface area contributed by atoms with Crippen molar-refractivity contribution in [3.05, 3.63) is 91.6 Å². The topological polar surface area (TPSA) is 25.8 Å². The smallest absolute Gasteiger partial charge is 0.0886 e. The molecule has 0 unspecified atom stereocenters. The fraction of sp³-hybridized carbons (Fsp3) is 0. The van der Waals surface area contributed by atoms with Crippen LogP contribution in [0, 0.1) is 6.92 Å². The third-order valence-corrected chi connectivity index (χ3v) is 2.44. The fourth-order valence-electron chi connectivity index (χ4n) is 1.51. The molecule has 0 atom stereocenters. The summed E-state index contributed by atoms with van der Waals surface area (Å²) in [6.07, 6.45) is 3.54. The molecular formula is C17H15BrN2Ni-. The first-order valence-corrected chi connectivity index (χ1v) is 8.62. The zero-order valence-corrected chi connectivity index (χ0v) is 13.9. The van der Waals surface area contributed by atoms with Gasteiger partial charge < -0.3 is 0 Å². The zero-order valence-electron chi connectivity index (χ0n) is 11.3. The summed E-state index contributed by atoms with van der Waals surface area (Å²) >= 11 is 6.25. The van der Waals surface area contributed by atoms with Crippen molar-refractivity contribution in [2.45, 2.75) is 0 Å². The van der Waals surface area contributed by atoms with E-state index in [1.807, 2.05) is 66.7 Å². The quantitative estimate of drug-likeness (QED) is 0.441. The van der Waals surface area contributed by atoms with Gasteiger partial charge in [0.2, 0.25) is 0 Å². The van der Waals surface area contributed by atoms with Gasteiger partial charge in [-0.25, -0.2) is 0 Å². The van der Waals surface area contributed by atoms with E-state index in [0.29, 0.717) is 0 Å². The van der Waals surface area contributed by atoms with Crippen molar-refractivity contribution in [1.82, 2.24) is 9.97 Å². The number of hydrogen-bond donors (Lipinski definition) is 0. The van der Waals surface area contributed by atoms with E-state index < -0.39 is 0 Å². The summed E-state index contributed by atoms with van der Waals surface area (Å²) in [5.41, 5.74) is 2.90. The molecule has 0 saturated heterocycles. The van der Waals surface area contributed by atoms with Crippen LogP contribution in [0.15, 0.2) is 79.1 Å². The Bertz CT molecular complexity index is 551. The molecule has 4 heteroatoms. The Morgan fingerprint density at radius 1 is 0.667 bits per heavy atom. The molecule has 3 aromatic rings. The van der Waals surface area contributed by atoms with E-state index in [1.165, 1.54) is 0 Å². The Morgan fingerprint density at radius 3 is 1.38 bits per heavy atom. The van der Waals surface area contributed by atoms with E-state index in [0.717, 1.165) is 17.0 Å². The second kappa shape index (κ2) is 11.1. The van der Waals surface area contributed by atoms with E-state index >= 15 is 0 Å². The van der Waals surface area contributed by atoms with Crippen LogP contribution in [0.3, 0.4) is 0 Å². The summed E-state index contributed by atoms with van der Waals surface area (Å²) < 4.78 is 0.